The number of halogens is 1. The summed E-state index contributed by atoms with van der Waals surface area (Å²) in [5, 5.41) is 14.9. The lowest BCUT2D eigenvalue weighted by Gasteiger charge is -2.40. The summed E-state index contributed by atoms with van der Waals surface area (Å²) in [6, 6.07) is 21.0. The van der Waals surface area contributed by atoms with Gasteiger partial charge in [-0.1, -0.05) is 85.7 Å². The van der Waals surface area contributed by atoms with Crippen LogP contribution in [0.15, 0.2) is 66.7 Å². The fourth-order valence-corrected chi connectivity index (χ4v) is 3.55. The minimum atomic E-state index is -0.781. The molecule has 3 rings (SSSR count). The molecule has 3 heteroatoms. The second-order valence-corrected chi connectivity index (χ2v) is 6.83. The van der Waals surface area contributed by atoms with Gasteiger partial charge in [0.15, 0.2) is 0 Å². The Labute approximate surface area is 161 Å². The molecule has 0 amide bonds. The van der Waals surface area contributed by atoms with Crippen molar-refractivity contribution in [1.29, 1.82) is 0 Å². The van der Waals surface area contributed by atoms with Crippen molar-refractivity contribution in [2.24, 2.45) is 0 Å². The van der Waals surface area contributed by atoms with E-state index < -0.39 is 5.60 Å². The van der Waals surface area contributed by atoms with Gasteiger partial charge in [0.1, 0.15) is 0 Å². The van der Waals surface area contributed by atoms with Crippen LogP contribution >= 0.6 is 17.0 Å². The molecule has 1 aliphatic carbocycles. The van der Waals surface area contributed by atoms with Gasteiger partial charge in [-0.15, -0.1) is 17.0 Å². The predicted octanol–water partition coefficient (Wildman–Crippen LogP) is 5.30. The molecular weight excluding hydrogens is 374 g/mol. The van der Waals surface area contributed by atoms with E-state index >= 15 is 0 Å². The third kappa shape index (κ3) is 5.27. The van der Waals surface area contributed by atoms with E-state index in [1.54, 1.807) is 0 Å². The summed E-state index contributed by atoms with van der Waals surface area (Å²) in [6.45, 7) is 2.17. The molecule has 2 aromatic carbocycles. The van der Waals surface area contributed by atoms with Crippen LogP contribution in [0.2, 0.25) is 0 Å². The summed E-state index contributed by atoms with van der Waals surface area (Å²) in [5.41, 5.74) is 1.61. The monoisotopic (exact) mass is 401 g/mol. The van der Waals surface area contributed by atoms with E-state index in [9.17, 15) is 5.11 Å². The molecule has 0 radical (unpaired) electrons. The van der Waals surface area contributed by atoms with Crippen molar-refractivity contribution < 1.29 is 5.11 Å². The lowest BCUT2D eigenvalue weighted by atomic mass is 9.79. The maximum atomic E-state index is 11.2. The van der Waals surface area contributed by atoms with E-state index in [0.717, 1.165) is 24.8 Å². The lowest BCUT2D eigenvalue weighted by molar-refractivity contribution is 0.0139. The topological polar surface area (TPSA) is 32.3 Å². The number of aliphatic hydroxyl groups is 1. The average Bonchev–Trinajstić information content (AvgIpc) is 2.64. The Hall–Kier alpha value is -1.42. The minimum absolute atomic E-state index is 0. The normalized spacial score (nSPS) is 24.6. The van der Waals surface area contributed by atoms with Crippen molar-refractivity contribution in [2.75, 3.05) is 0 Å². The van der Waals surface area contributed by atoms with E-state index in [-0.39, 0.29) is 29.1 Å². The SMILES string of the molecule is Br.C[C@@H](N[C@@H]1CCCC[C@]1(O)/C=C/c1ccccc1)c1ccccc1. The Morgan fingerprint density at radius 2 is 1.68 bits per heavy atom. The molecule has 2 nitrogen and oxygen atoms in total. The number of rotatable bonds is 5. The van der Waals surface area contributed by atoms with Crippen LogP contribution in [0.25, 0.3) is 6.08 Å². The first-order valence-corrected chi connectivity index (χ1v) is 8.95. The highest BCUT2D eigenvalue weighted by atomic mass is 79.9. The maximum absolute atomic E-state index is 11.2. The average molecular weight is 402 g/mol. The van der Waals surface area contributed by atoms with E-state index in [4.69, 9.17) is 0 Å². The van der Waals surface area contributed by atoms with Crippen LogP contribution in [-0.4, -0.2) is 16.7 Å². The summed E-state index contributed by atoms with van der Waals surface area (Å²) in [6.07, 6.45) is 8.11. The fraction of sp³-hybridized carbons (Fsp3) is 0.364. The summed E-state index contributed by atoms with van der Waals surface area (Å²) in [4.78, 5) is 0. The molecule has 134 valence electrons. The van der Waals surface area contributed by atoms with Crippen LogP contribution in [0.3, 0.4) is 0 Å². The first-order valence-electron chi connectivity index (χ1n) is 8.95. The first kappa shape index (κ1) is 19.9. The molecule has 1 aliphatic rings. The maximum Gasteiger partial charge on any atom is 0.0983 e. The highest BCUT2D eigenvalue weighted by molar-refractivity contribution is 8.93. The van der Waals surface area contributed by atoms with Gasteiger partial charge in [-0.3, -0.25) is 0 Å². The fourth-order valence-electron chi connectivity index (χ4n) is 3.55. The van der Waals surface area contributed by atoms with E-state index in [2.05, 4.69) is 48.6 Å². The number of hydrogen-bond donors (Lipinski definition) is 2. The highest BCUT2D eigenvalue weighted by Gasteiger charge is 2.37. The zero-order valence-electron chi connectivity index (χ0n) is 14.8. The standard InChI is InChI=1S/C22H27NO.BrH/c1-18(20-12-6-3-7-13-20)23-21-14-8-9-16-22(21,24)17-15-19-10-4-2-5-11-19;/h2-7,10-13,15,17-18,21,23-24H,8-9,14,16H2,1H3;1H/b17-15+;/t18-,21-,22+;/m1./s1. The zero-order chi connectivity index (χ0) is 16.8. The molecule has 2 aromatic rings. The molecule has 2 N–H and O–H groups in total. The number of benzene rings is 2. The van der Waals surface area contributed by atoms with Gasteiger partial charge < -0.3 is 10.4 Å². The molecule has 0 heterocycles. The summed E-state index contributed by atoms with van der Waals surface area (Å²) >= 11 is 0. The smallest absolute Gasteiger partial charge is 0.0983 e. The molecule has 1 saturated carbocycles. The van der Waals surface area contributed by atoms with Crippen molar-refractivity contribution in [2.45, 2.75) is 50.3 Å². The van der Waals surface area contributed by atoms with Crippen LogP contribution in [0.1, 0.15) is 49.8 Å². The van der Waals surface area contributed by atoms with Crippen molar-refractivity contribution in [3.05, 3.63) is 77.9 Å². The van der Waals surface area contributed by atoms with Gasteiger partial charge in [-0.2, -0.15) is 0 Å². The second-order valence-electron chi connectivity index (χ2n) is 6.83. The van der Waals surface area contributed by atoms with E-state index in [0.29, 0.717) is 0 Å². The van der Waals surface area contributed by atoms with Crippen LogP contribution < -0.4 is 5.32 Å². The third-order valence-electron chi connectivity index (χ3n) is 5.04. The number of nitrogens with one attached hydrogen (secondary N) is 1. The molecule has 0 aromatic heterocycles. The van der Waals surface area contributed by atoms with Gasteiger partial charge in [0.2, 0.25) is 0 Å². The Balaban J connectivity index is 0.00000225. The summed E-state index contributed by atoms with van der Waals surface area (Å²) < 4.78 is 0. The Kier molecular flexibility index (Phi) is 7.42. The van der Waals surface area contributed by atoms with Crippen molar-refractivity contribution >= 4 is 23.1 Å². The zero-order valence-corrected chi connectivity index (χ0v) is 16.5. The first-order chi connectivity index (χ1) is 11.7. The Morgan fingerprint density at radius 3 is 2.36 bits per heavy atom. The van der Waals surface area contributed by atoms with Crippen molar-refractivity contribution in [1.82, 2.24) is 5.32 Å². The molecule has 0 unspecified atom stereocenters. The van der Waals surface area contributed by atoms with Crippen molar-refractivity contribution in [3.8, 4) is 0 Å². The van der Waals surface area contributed by atoms with Crippen molar-refractivity contribution in [3.63, 3.8) is 0 Å². The van der Waals surface area contributed by atoms with E-state index in [1.807, 2.05) is 36.4 Å². The molecule has 0 spiro atoms. The molecule has 0 aliphatic heterocycles. The van der Waals surface area contributed by atoms with Crippen LogP contribution in [0, 0.1) is 0 Å². The molecule has 0 saturated heterocycles. The van der Waals surface area contributed by atoms with Gasteiger partial charge in [0, 0.05) is 12.1 Å². The lowest BCUT2D eigenvalue weighted by Crippen LogP contribution is -2.52. The van der Waals surface area contributed by atoms with Gasteiger partial charge in [-0.05, 0) is 30.9 Å². The molecule has 0 bridgehead atoms. The van der Waals surface area contributed by atoms with Crippen LogP contribution in [0.5, 0.6) is 0 Å². The molecule has 3 atom stereocenters. The summed E-state index contributed by atoms with van der Waals surface area (Å²) in [7, 11) is 0. The quantitative estimate of drug-likeness (QED) is 0.711. The Morgan fingerprint density at radius 1 is 1.04 bits per heavy atom. The minimum Gasteiger partial charge on any atom is -0.384 e. The third-order valence-corrected chi connectivity index (χ3v) is 5.04. The van der Waals surface area contributed by atoms with Gasteiger partial charge in [0.05, 0.1) is 5.60 Å². The predicted molar refractivity (Wildman–Crippen MR) is 111 cm³/mol. The highest BCUT2D eigenvalue weighted by Crippen LogP contribution is 2.32. The largest absolute Gasteiger partial charge is 0.384 e. The number of hydrogen-bond acceptors (Lipinski definition) is 2. The Bertz CT molecular complexity index is 658. The van der Waals surface area contributed by atoms with Gasteiger partial charge >= 0.3 is 0 Å². The molecule has 1 fully saturated rings. The second kappa shape index (κ2) is 9.33. The van der Waals surface area contributed by atoms with Gasteiger partial charge in [-0.25, -0.2) is 0 Å². The van der Waals surface area contributed by atoms with Crippen LogP contribution in [0.4, 0.5) is 0 Å². The van der Waals surface area contributed by atoms with E-state index in [1.165, 1.54) is 12.0 Å². The van der Waals surface area contributed by atoms with Gasteiger partial charge in [0.25, 0.3) is 0 Å². The molecule has 25 heavy (non-hydrogen) atoms. The van der Waals surface area contributed by atoms with Crippen LogP contribution in [-0.2, 0) is 0 Å². The summed E-state index contributed by atoms with van der Waals surface area (Å²) in [5.74, 6) is 0. The molecular formula is C22H28BrNO.